The third-order valence-corrected chi connectivity index (χ3v) is 8.94. The molecule has 1 aliphatic heterocycles. The van der Waals surface area contributed by atoms with Crippen molar-refractivity contribution in [2.24, 2.45) is 0 Å². The number of anilines is 1. The van der Waals surface area contributed by atoms with Gasteiger partial charge in [0.25, 0.3) is 0 Å². The van der Waals surface area contributed by atoms with Gasteiger partial charge in [0.05, 0.1) is 12.9 Å². The summed E-state index contributed by atoms with van der Waals surface area (Å²) in [5.41, 5.74) is 1.49. The van der Waals surface area contributed by atoms with Gasteiger partial charge in [-0.2, -0.15) is 9.97 Å². The van der Waals surface area contributed by atoms with Crippen LogP contribution in [-0.4, -0.2) is 76.7 Å². The van der Waals surface area contributed by atoms with Crippen molar-refractivity contribution < 1.29 is 42.6 Å². The Kier molecular flexibility index (Phi) is 8.10. The molecule has 0 aliphatic carbocycles. The zero-order chi connectivity index (χ0) is 26.1. The first-order valence-corrected chi connectivity index (χ1v) is 14.5. The minimum absolute atomic E-state index is 0.118. The van der Waals surface area contributed by atoms with Gasteiger partial charge in [0.15, 0.2) is 35.3 Å². The summed E-state index contributed by atoms with van der Waals surface area (Å²) in [5.74, 6) is -1.11. The lowest BCUT2D eigenvalue weighted by molar-refractivity contribution is -0.0425. The van der Waals surface area contributed by atoms with E-state index in [4.69, 9.17) is 26.1 Å². The number of fused-ring (bicyclic) bond motifs is 1. The minimum Gasteiger partial charge on any atom is -0.387 e. The first kappa shape index (κ1) is 27.1. The summed E-state index contributed by atoms with van der Waals surface area (Å²) in [6.07, 6.45) is -4.73. The van der Waals surface area contributed by atoms with E-state index in [1.54, 1.807) is 0 Å². The maximum absolute atomic E-state index is 15.0. The van der Waals surface area contributed by atoms with E-state index in [0.717, 1.165) is 5.56 Å². The molecular weight excluding hydrogens is 543 g/mol. The number of hydrogen-bond acceptors (Lipinski definition) is 9. The molecule has 196 valence electrons. The van der Waals surface area contributed by atoms with Crippen LogP contribution in [-0.2, 0) is 24.8 Å². The van der Waals surface area contributed by atoms with E-state index < -0.39 is 52.3 Å². The molecule has 0 radical (unpaired) electrons. The van der Waals surface area contributed by atoms with Crippen molar-refractivity contribution in [3.63, 3.8) is 0 Å². The third kappa shape index (κ3) is 6.46. The molecule has 0 amide bonds. The highest BCUT2D eigenvalue weighted by Crippen LogP contribution is 2.55. The fraction of sp³-hybridized carbons (Fsp3) is 0.421. The summed E-state index contributed by atoms with van der Waals surface area (Å²) in [7, 11) is -9.57. The normalized spacial score (nSPS) is 24.2. The first-order valence-electron chi connectivity index (χ1n) is 10.6. The second-order valence-corrected chi connectivity index (χ2v) is 12.4. The van der Waals surface area contributed by atoms with Crippen LogP contribution < -0.4 is 5.32 Å². The van der Waals surface area contributed by atoms with Crippen molar-refractivity contribution in [2.75, 3.05) is 24.4 Å². The molecule has 17 heteroatoms. The van der Waals surface area contributed by atoms with Gasteiger partial charge in [-0.05, 0) is 23.6 Å². The van der Waals surface area contributed by atoms with Crippen molar-refractivity contribution in [1.82, 2.24) is 19.5 Å². The summed E-state index contributed by atoms with van der Waals surface area (Å²) in [4.78, 5) is 39.9. The Morgan fingerprint density at radius 3 is 2.61 bits per heavy atom. The molecule has 0 bridgehead atoms. The van der Waals surface area contributed by atoms with E-state index in [0.29, 0.717) is 18.8 Å². The number of aliphatic hydroxyl groups is 1. The predicted octanol–water partition coefficient (Wildman–Crippen LogP) is 2.07. The second kappa shape index (κ2) is 10.8. The van der Waals surface area contributed by atoms with Crippen molar-refractivity contribution >= 4 is 43.8 Å². The molecule has 2 aromatic heterocycles. The third-order valence-electron chi connectivity index (χ3n) is 5.31. The van der Waals surface area contributed by atoms with Crippen molar-refractivity contribution in [3.05, 3.63) is 47.5 Å². The van der Waals surface area contributed by atoms with E-state index in [9.17, 15) is 23.5 Å². The van der Waals surface area contributed by atoms with Gasteiger partial charge in [-0.15, -0.1) is 0 Å². The van der Waals surface area contributed by atoms with Crippen molar-refractivity contribution in [2.45, 2.75) is 31.0 Å². The monoisotopic (exact) mass is 565 g/mol. The van der Waals surface area contributed by atoms with Gasteiger partial charge in [0, 0.05) is 6.54 Å². The number of halogens is 2. The molecule has 36 heavy (non-hydrogen) atoms. The van der Waals surface area contributed by atoms with E-state index in [1.165, 1.54) is 10.9 Å². The Hall–Kier alpha value is -1.99. The van der Waals surface area contributed by atoms with Crippen molar-refractivity contribution in [1.29, 1.82) is 0 Å². The van der Waals surface area contributed by atoms with Gasteiger partial charge in [0.2, 0.25) is 5.28 Å². The number of nitrogens with one attached hydrogen (secondary N) is 1. The van der Waals surface area contributed by atoms with Gasteiger partial charge in [-0.25, -0.2) is 9.37 Å². The Labute approximate surface area is 209 Å². The fourth-order valence-corrected chi connectivity index (χ4v) is 6.43. The van der Waals surface area contributed by atoms with E-state index in [-0.39, 0.29) is 16.4 Å². The van der Waals surface area contributed by atoms with Crippen LogP contribution in [0.3, 0.4) is 0 Å². The second-order valence-electron chi connectivity index (χ2n) is 8.07. The number of rotatable bonds is 10. The van der Waals surface area contributed by atoms with Crippen LogP contribution >= 0.6 is 26.8 Å². The Balaban J connectivity index is 1.48. The summed E-state index contributed by atoms with van der Waals surface area (Å²) in [6.45, 7) is -0.292. The molecule has 1 unspecified atom stereocenters. The van der Waals surface area contributed by atoms with Gasteiger partial charge in [-0.1, -0.05) is 30.3 Å². The highest BCUT2D eigenvalue weighted by molar-refractivity contribution is 7.70. The maximum Gasteiger partial charge on any atom is 0.340 e. The van der Waals surface area contributed by atoms with Gasteiger partial charge < -0.3 is 34.4 Å². The van der Waals surface area contributed by atoms with Crippen LogP contribution in [0.25, 0.3) is 11.2 Å². The number of alkyl halides is 1. The molecule has 5 atom stereocenters. The summed E-state index contributed by atoms with van der Waals surface area (Å²) in [5, 5.41) is 13.2. The van der Waals surface area contributed by atoms with E-state index in [1.807, 2.05) is 30.3 Å². The average molecular weight is 566 g/mol. The number of benzene rings is 1. The molecule has 5 N–H and O–H groups in total. The molecule has 1 fully saturated rings. The summed E-state index contributed by atoms with van der Waals surface area (Å²) >= 11 is 6.07. The van der Waals surface area contributed by atoms with Gasteiger partial charge in [0.1, 0.15) is 12.2 Å². The molecule has 3 aromatic rings. The van der Waals surface area contributed by atoms with Gasteiger partial charge in [-0.3, -0.25) is 13.7 Å². The molecule has 13 nitrogen and oxygen atoms in total. The maximum atomic E-state index is 15.0. The Morgan fingerprint density at radius 2 is 1.92 bits per heavy atom. The fourth-order valence-electron chi connectivity index (χ4n) is 3.70. The average Bonchev–Trinajstić information content (AvgIpc) is 3.32. The minimum atomic E-state index is -4.85. The zero-order valence-electron chi connectivity index (χ0n) is 18.5. The predicted molar refractivity (Wildman–Crippen MR) is 126 cm³/mol. The molecular formula is C19H23ClFN5O8P2. The van der Waals surface area contributed by atoms with Crippen LogP contribution in [0.2, 0.25) is 5.28 Å². The molecule has 1 aromatic carbocycles. The molecule has 3 heterocycles. The number of aliphatic hydroxyl groups excluding tert-OH is 1. The smallest absolute Gasteiger partial charge is 0.340 e. The highest BCUT2D eigenvalue weighted by atomic mass is 35.5. The Morgan fingerprint density at radius 1 is 1.19 bits per heavy atom. The number of hydrogen-bond donors (Lipinski definition) is 5. The lowest BCUT2D eigenvalue weighted by Crippen LogP contribution is -2.31. The quantitative estimate of drug-likeness (QED) is 0.178. The molecule has 4 rings (SSSR count). The lowest BCUT2D eigenvalue weighted by Gasteiger charge is -2.18. The highest BCUT2D eigenvalue weighted by Gasteiger charge is 2.47. The van der Waals surface area contributed by atoms with Crippen LogP contribution in [0.1, 0.15) is 11.8 Å². The van der Waals surface area contributed by atoms with E-state index >= 15 is 0 Å². The Bertz CT molecular complexity index is 1310. The molecule has 1 saturated heterocycles. The number of nitrogens with zero attached hydrogens (tertiary/aromatic N) is 4. The SMILES string of the molecule is O=P(O)(O)CP(=O)(O)OC[C@H]1O[C@@H](n2cnc3c(NCCc4ccccc4)nc(Cl)nc32)[C@@H](F)[C@@H]1O. The van der Waals surface area contributed by atoms with E-state index in [2.05, 4.69) is 24.8 Å². The van der Waals surface area contributed by atoms with Crippen LogP contribution in [0.15, 0.2) is 36.7 Å². The van der Waals surface area contributed by atoms with Crippen LogP contribution in [0.5, 0.6) is 0 Å². The zero-order valence-corrected chi connectivity index (χ0v) is 21.0. The lowest BCUT2D eigenvalue weighted by atomic mass is 10.1. The van der Waals surface area contributed by atoms with Crippen LogP contribution in [0.4, 0.5) is 10.2 Å². The summed E-state index contributed by atoms with van der Waals surface area (Å²) < 4.78 is 49.2. The molecule has 1 aliphatic rings. The van der Waals surface area contributed by atoms with Crippen LogP contribution in [0, 0.1) is 0 Å². The molecule has 0 saturated carbocycles. The number of aromatic nitrogens is 4. The van der Waals surface area contributed by atoms with Crippen molar-refractivity contribution in [3.8, 4) is 0 Å². The summed E-state index contributed by atoms with van der Waals surface area (Å²) in [6, 6.07) is 9.72. The standard InChI is InChI=1S/C19H23ClFN5O8P2/c20-19-24-16(22-7-6-11-4-2-1-3-5-11)14-17(25-19)26(9-23-14)18-13(21)15(27)12(34-18)8-33-36(31,32)10-35(28,29)30/h1-5,9,12-13,15,18,27H,6-8,10H2,(H,31,32)(H,22,24,25)(H2,28,29,30)/t12-,13+,15-,18-/m1/s1. The van der Waals surface area contributed by atoms with Gasteiger partial charge >= 0.3 is 15.2 Å². The number of imidazole rings is 1. The first-order chi connectivity index (χ1) is 16.9. The molecule has 0 spiro atoms. The topological polar surface area (TPSA) is 189 Å². The largest absolute Gasteiger partial charge is 0.387 e. The number of ether oxygens (including phenoxy) is 1.